The molecule has 1 heterocycles. The van der Waals surface area contributed by atoms with Gasteiger partial charge in [-0.3, -0.25) is 14.4 Å². The van der Waals surface area contributed by atoms with E-state index in [1.807, 2.05) is 10.6 Å². The number of ether oxygens (including phenoxy) is 1. The molecule has 1 aromatic heterocycles. The average Bonchev–Trinajstić information content (AvgIpc) is 3.47. The molecule has 0 radical (unpaired) electrons. The molecule has 3 aromatic carbocycles. The second-order valence-electron chi connectivity index (χ2n) is 10.6. The van der Waals surface area contributed by atoms with Crippen molar-refractivity contribution in [2.24, 2.45) is 5.92 Å². The van der Waals surface area contributed by atoms with Crippen LogP contribution in [-0.4, -0.2) is 31.9 Å². The standard InChI is InChI=1S/C32H33N3O6S/c1-21-8-3-6-13-29(21)42(39,40)34-32(38)23-14-15-24(28(19-23)41-2)20-35-17-16-27(36)31-25(11-7-12-26(31)35)33-30(37)18-22-9-4-5-10-22/h3,6-8,11-17,19,22H,4-5,9-10,18,20H2,1-2H3,(H,33,37)(H,34,38). The lowest BCUT2D eigenvalue weighted by molar-refractivity contribution is -0.117. The number of carbonyl (C=O) groups excluding carboxylic acids is 2. The number of fused-ring (bicyclic) bond motifs is 1. The predicted octanol–water partition coefficient (Wildman–Crippen LogP) is 5.00. The minimum atomic E-state index is -4.07. The molecule has 42 heavy (non-hydrogen) atoms. The molecule has 1 aliphatic rings. The van der Waals surface area contributed by atoms with Crippen LogP contribution in [0.15, 0.2) is 82.6 Å². The number of benzene rings is 3. The fourth-order valence-corrected chi connectivity index (χ4v) is 6.80. The van der Waals surface area contributed by atoms with Crippen LogP contribution in [0.3, 0.4) is 0 Å². The van der Waals surface area contributed by atoms with Gasteiger partial charge < -0.3 is 14.6 Å². The minimum Gasteiger partial charge on any atom is -0.496 e. The van der Waals surface area contributed by atoms with E-state index in [0.29, 0.717) is 52.4 Å². The molecule has 1 aliphatic carbocycles. The highest BCUT2D eigenvalue weighted by Gasteiger charge is 2.22. The zero-order chi connectivity index (χ0) is 29.9. The van der Waals surface area contributed by atoms with Crippen molar-refractivity contribution in [2.75, 3.05) is 12.4 Å². The van der Waals surface area contributed by atoms with E-state index in [-0.39, 0.29) is 21.8 Å². The van der Waals surface area contributed by atoms with Gasteiger partial charge in [-0.05, 0) is 61.6 Å². The lowest BCUT2D eigenvalue weighted by atomic mass is 10.0. The molecule has 0 bridgehead atoms. The van der Waals surface area contributed by atoms with Crippen LogP contribution in [0.1, 0.15) is 53.6 Å². The number of hydrogen-bond acceptors (Lipinski definition) is 6. The van der Waals surface area contributed by atoms with Gasteiger partial charge in [0.05, 0.1) is 35.1 Å². The molecule has 1 fully saturated rings. The third-order valence-electron chi connectivity index (χ3n) is 7.73. The summed E-state index contributed by atoms with van der Waals surface area (Å²) < 4.78 is 35.2. The Bertz CT molecular complexity index is 1820. The van der Waals surface area contributed by atoms with Crippen LogP contribution in [0, 0.1) is 12.8 Å². The summed E-state index contributed by atoms with van der Waals surface area (Å²) in [6.07, 6.45) is 6.53. The Morgan fingerprint density at radius 2 is 1.76 bits per heavy atom. The van der Waals surface area contributed by atoms with E-state index in [4.69, 9.17) is 4.74 Å². The van der Waals surface area contributed by atoms with E-state index in [9.17, 15) is 22.8 Å². The van der Waals surface area contributed by atoms with E-state index >= 15 is 0 Å². The normalized spacial score (nSPS) is 13.7. The maximum absolute atomic E-state index is 12.9. The summed E-state index contributed by atoms with van der Waals surface area (Å²) in [5.74, 6) is -0.111. The average molecular weight is 588 g/mol. The van der Waals surface area contributed by atoms with Gasteiger partial charge >= 0.3 is 0 Å². The molecule has 0 atom stereocenters. The SMILES string of the molecule is COc1cc(C(=O)NS(=O)(=O)c2ccccc2C)ccc1Cn1ccc(=O)c2c(NC(=O)CC3CCCC3)cccc21. The number of pyridine rings is 1. The summed E-state index contributed by atoms with van der Waals surface area (Å²) in [4.78, 5) is 38.6. The molecule has 218 valence electrons. The van der Waals surface area contributed by atoms with Crippen LogP contribution in [0.2, 0.25) is 0 Å². The van der Waals surface area contributed by atoms with Crippen LogP contribution in [-0.2, 0) is 21.4 Å². The first-order chi connectivity index (χ1) is 20.2. The zero-order valence-corrected chi connectivity index (χ0v) is 24.4. The molecule has 10 heteroatoms. The molecule has 4 aromatic rings. The fourth-order valence-electron chi connectivity index (χ4n) is 5.57. The third-order valence-corrected chi connectivity index (χ3v) is 9.22. The number of amides is 2. The number of aryl methyl sites for hydroxylation is 1. The second kappa shape index (κ2) is 12.2. The fraction of sp³-hybridized carbons (Fsp3) is 0.281. The van der Waals surface area contributed by atoms with E-state index in [1.165, 1.54) is 31.4 Å². The number of rotatable bonds is 9. The highest BCUT2D eigenvalue weighted by atomic mass is 32.2. The van der Waals surface area contributed by atoms with Crippen LogP contribution < -0.4 is 20.2 Å². The minimum absolute atomic E-state index is 0.0288. The maximum atomic E-state index is 12.9. The van der Waals surface area contributed by atoms with Crippen molar-refractivity contribution >= 4 is 38.4 Å². The lowest BCUT2D eigenvalue weighted by Crippen LogP contribution is -2.31. The Labute approximate surface area is 244 Å². The molecule has 0 spiro atoms. The van der Waals surface area contributed by atoms with Crippen LogP contribution in [0.4, 0.5) is 5.69 Å². The van der Waals surface area contributed by atoms with Crippen LogP contribution >= 0.6 is 0 Å². The molecule has 0 saturated heterocycles. The van der Waals surface area contributed by atoms with Crippen molar-refractivity contribution in [1.82, 2.24) is 9.29 Å². The van der Waals surface area contributed by atoms with Gasteiger partial charge in [-0.1, -0.05) is 43.2 Å². The molecule has 2 N–H and O–H groups in total. The van der Waals surface area contributed by atoms with Crippen molar-refractivity contribution in [3.05, 3.63) is 99.8 Å². The molecule has 1 saturated carbocycles. The van der Waals surface area contributed by atoms with Gasteiger partial charge in [0.25, 0.3) is 15.9 Å². The van der Waals surface area contributed by atoms with Crippen molar-refractivity contribution in [3.63, 3.8) is 0 Å². The van der Waals surface area contributed by atoms with Crippen LogP contribution in [0.5, 0.6) is 5.75 Å². The lowest BCUT2D eigenvalue weighted by Gasteiger charge is -2.16. The number of aromatic nitrogens is 1. The Kier molecular flexibility index (Phi) is 8.44. The van der Waals surface area contributed by atoms with E-state index in [0.717, 1.165) is 25.7 Å². The Hall–Kier alpha value is -4.44. The number of carbonyl (C=O) groups is 2. The van der Waals surface area contributed by atoms with Crippen molar-refractivity contribution < 1.29 is 22.7 Å². The summed E-state index contributed by atoms with van der Waals surface area (Å²) in [6, 6.07) is 17.9. The molecule has 5 rings (SSSR count). The summed E-state index contributed by atoms with van der Waals surface area (Å²) in [6.45, 7) is 1.95. The summed E-state index contributed by atoms with van der Waals surface area (Å²) in [5, 5.41) is 3.36. The number of anilines is 1. The van der Waals surface area contributed by atoms with Crippen molar-refractivity contribution in [3.8, 4) is 5.75 Å². The smallest absolute Gasteiger partial charge is 0.265 e. The topological polar surface area (TPSA) is 124 Å². The highest BCUT2D eigenvalue weighted by Crippen LogP contribution is 2.29. The summed E-state index contributed by atoms with van der Waals surface area (Å²) in [7, 11) is -2.60. The van der Waals surface area contributed by atoms with Gasteiger partial charge in [-0.25, -0.2) is 13.1 Å². The third kappa shape index (κ3) is 6.23. The first-order valence-electron chi connectivity index (χ1n) is 13.9. The Balaban J connectivity index is 1.39. The van der Waals surface area contributed by atoms with Gasteiger partial charge in [-0.2, -0.15) is 0 Å². The molecular weight excluding hydrogens is 554 g/mol. The van der Waals surface area contributed by atoms with E-state index in [1.54, 1.807) is 49.5 Å². The van der Waals surface area contributed by atoms with Crippen molar-refractivity contribution in [1.29, 1.82) is 0 Å². The summed E-state index contributed by atoms with van der Waals surface area (Å²) >= 11 is 0. The molecule has 0 unspecified atom stereocenters. The Morgan fingerprint density at radius 1 is 1.00 bits per heavy atom. The number of nitrogens with zero attached hydrogens (tertiary/aromatic N) is 1. The van der Waals surface area contributed by atoms with Crippen LogP contribution in [0.25, 0.3) is 10.9 Å². The number of hydrogen-bond donors (Lipinski definition) is 2. The molecule has 9 nitrogen and oxygen atoms in total. The summed E-state index contributed by atoms with van der Waals surface area (Å²) in [5.41, 5.74) is 2.25. The predicted molar refractivity (Wildman–Crippen MR) is 161 cm³/mol. The number of methoxy groups -OCH3 is 1. The zero-order valence-electron chi connectivity index (χ0n) is 23.6. The van der Waals surface area contributed by atoms with Gasteiger partial charge in [0.15, 0.2) is 5.43 Å². The highest BCUT2D eigenvalue weighted by molar-refractivity contribution is 7.90. The first kappa shape index (κ1) is 29.1. The first-order valence-corrected chi connectivity index (χ1v) is 15.4. The van der Waals surface area contributed by atoms with Crippen molar-refractivity contribution in [2.45, 2.75) is 50.5 Å². The molecule has 0 aliphatic heterocycles. The molecule has 2 amide bonds. The van der Waals surface area contributed by atoms with Gasteiger partial charge in [0.2, 0.25) is 5.91 Å². The largest absolute Gasteiger partial charge is 0.496 e. The number of nitrogens with one attached hydrogen (secondary N) is 2. The van der Waals surface area contributed by atoms with E-state index < -0.39 is 15.9 Å². The quantitative estimate of drug-likeness (QED) is 0.284. The van der Waals surface area contributed by atoms with E-state index in [2.05, 4.69) is 10.0 Å². The van der Waals surface area contributed by atoms with Gasteiger partial charge in [-0.15, -0.1) is 0 Å². The number of sulfonamides is 1. The Morgan fingerprint density at radius 3 is 2.50 bits per heavy atom. The van der Waals surface area contributed by atoms with Gasteiger partial charge in [0, 0.05) is 29.8 Å². The monoisotopic (exact) mass is 587 g/mol. The van der Waals surface area contributed by atoms with Gasteiger partial charge in [0.1, 0.15) is 5.75 Å². The maximum Gasteiger partial charge on any atom is 0.265 e. The molecular formula is C32H33N3O6S. The second-order valence-corrected chi connectivity index (χ2v) is 12.3.